The van der Waals surface area contributed by atoms with Crippen LogP contribution in [0.3, 0.4) is 0 Å². The lowest BCUT2D eigenvalue weighted by Crippen LogP contribution is -2.58. The first-order valence-corrected chi connectivity index (χ1v) is 18.2. The van der Waals surface area contributed by atoms with E-state index in [4.69, 9.17) is 11.5 Å². The van der Waals surface area contributed by atoms with Gasteiger partial charge in [-0.15, -0.1) is 11.3 Å². The number of primary amides is 1. The second-order valence-corrected chi connectivity index (χ2v) is 14.2. The maximum Gasteiger partial charge on any atom is 0.243 e. The van der Waals surface area contributed by atoms with Crippen LogP contribution in [0.2, 0.25) is 0 Å². The zero-order valence-corrected chi connectivity index (χ0v) is 29.5. The highest BCUT2D eigenvalue weighted by molar-refractivity contribution is 7.09. The van der Waals surface area contributed by atoms with Gasteiger partial charge in [-0.2, -0.15) is 0 Å². The van der Waals surface area contributed by atoms with Crippen molar-refractivity contribution in [2.24, 2.45) is 11.5 Å². The van der Waals surface area contributed by atoms with Gasteiger partial charge < -0.3 is 42.4 Å². The number of hydrogen-bond donors (Lipinski definition) is 8. The normalized spacial score (nSPS) is 13.8. The van der Waals surface area contributed by atoms with E-state index >= 15 is 0 Å². The van der Waals surface area contributed by atoms with Crippen molar-refractivity contribution in [3.63, 3.8) is 0 Å². The number of carbonyl (C=O) groups excluding carboxylic acids is 4. The largest absolute Gasteiger partial charge is 0.368 e. The molecule has 13 heteroatoms. The van der Waals surface area contributed by atoms with Crippen LogP contribution in [0.25, 0.3) is 32.7 Å². The summed E-state index contributed by atoms with van der Waals surface area (Å²) in [6, 6.07) is 22.6. The second kappa shape index (κ2) is 15.6. The van der Waals surface area contributed by atoms with Gasteiger partial charge in [0.25, 0.3) is 0 Å². The number of nitrogens with one attached hydrogen (secondary N) is 6. The molecule has 0 bridgehead atoms. The SMILES string of the molecule is NC(=O)[C@H](Cc1cccs1)NC(=O)[C@H](Cc1c[nH]c2ccccc12)NC(=O)[C@H](Cc1c[nH]c2ccccc12)NC(=O)[C@H](N)Cc1c[nH]c2ccccc12. The summed E-state index contributed by atoms with van der Waals surface area (Å²) in [4.78, 5) is 65.2. The van der Waals surface area contributed by atoms with E-state index in [1.54, 1.807) is 12.4 Å². The molecule has 4 heterocycles. The summed E-state index contributed by atoms with van der Waals surface area (Å²) < 4.78 is 0. The number of benzene rings is 3. The molecule has 0 aliphatic carbocycles. The van der Waals surface area contributed by atoms with Crippen molar-refractivity contribution in [3.8, 4) is 0 Å². The Morgan fingerprint density at radius 3 is 1.43 bits per heavy atom. The molecule has 7 aromatic rings. The Labute approximate surface area is 308 Å². The highest BCUT2D eigenvalue weighted by atomic mass is 32.1. The Balaban J connectivity index is 1.16. The summed E-state index contributed by atoms with van der Waals surface area (Å²) in [5.41, 5.74) is 17.3. The van der Waals surface area contributed by atoms with Crippen LogP contribution >= 0.6 is 11.3 Å². The molecule has 0 fully saturated rings. The Bertz CT molecular complexity index is 2390. The molecule has 10 N–H and O–H groups in total. The number of aromatic nitrogens is 3. The smallest absolute Gasteiger partial charge is 0.243 e. The standard InChI is InChI=1S/C40H40N8O4S/c41-30(16-23-20-43-31-12-4-1-9-27(23)31)38(50)47-35(17-24-21-44-32-13-5-2-10-28(24)32)40(52)48-36(18-25-22-45-33-14-6-3-11-29(25)33)39(51)46-34(37(42)49)19-26-8-7-15-53-26/h1-15,20-22,30,34-36,43-45H,16-19,41H2,(H2,42,49)(H,46,51)(H,47,50)(H,48,52)/t30-,34+,35+,36+/m1/s1. The van der Waals surface area contributed by atoms with Crippen molar-refractivity contribution in [1.82, 2.24) is 30.9 Å². The molecule has 0 radical (unpaired) electrons. The predicted octanol–water partition coefficient (Wildman–Crippen LogP) is 3.73. The van der Waals surface area contributed by atoms with E-state index in [9.17, 15) is 19.2 Å². The van der Waals surface area contributed by atoms with Gasteiger partial charge in [-0.1, -0.05) is 60.7 Å². The zero-order valence-electron chi connectivity index (χ0n) is 28.7. The molecule has 0 saturated carbocycles. The number of aromatic amines is 3. The number of rotatable bonds is 15. The maximum atomic E-state index is 14.4. The van der Waals surface area contributed by atoms with Crippen molar-refractivity contribution >= 4 is 67.7 Å². The summed E-state index contributed by atoms with van der Waals surface area (Å²) in [6.07, 6.45) is 6.09. The lowest BCUT2D eigenvalue weighted by Gasteiger charge is -2.25. The minimum atomic E-state index is -1.13. The highest BCUT2D eigenvalue weighted by Crippen LogP contribution is 2.22. The van der Waals surface area contributed by atoms with Crippen LogP contribution in [-0.2, 0) is 44.9 Å². The number of nitrogens with two attached hydrogens (primary N) is 2. The van der Waals surface area contributed by atoms with Crippen molar-refractivity contribution in [1.29, 1.82) is 0 Å². The van der Waals surface area contributed by atoms with Crippen LogP contribution in [0, 0.1) is 0 Å². The third-order valence-electron chi connectivity index (χ3n) is 9.56. The molecule has 3 aromatic carbocycles. The van der Waals surface area contributed by atoms with Gasteiger partial charge in [-0.3, -0.25) is 19.2 Å². The fourth-order valence-electron chi connectivity index (χ4n) is 6.77. The number of carbonyl (C=O) groups is 4. The van der Waals surface area contributed by atoms with Crippen LogP contribution in [0.15, 0.2) is 109 Å². The average molecular weight is 729 g/mol. The third-order valence-corrected chi connectivity index (χ3v) is 10.5. The van der Waals surface area contributed by atoms with Gasteiger partial charge in [-0.05, 0) is 52.8 Å². The molecule has 53 heavy (non-hydrogen) atoms. The summed E-state index contributed by atoms with van der Waals surface area (Å²) in [6.45, 7) is 0. The Morgan fingerprint density at radius 1 is 0.547 bits per heavy atom. The lowest BCUT2D eigenvalue weighted by atomic mass is 10.00. The molecular formula is C40H40N8O4S. The van der Waals surface area contributed by atoms with Crippen molar-refractivity contribution < 1.29 is 19.2 Å². The average Bonchev–Trinajstić information content (AvgIpc) is 3.99. The fraction of sp³-hybridized carbons (Fsp3) is 0.200. The van der Waals surface area contributed by atoms with Crippen LogP contribution < -0.4 is 27.4 Å². The minimum absolute atomic E-state index is 0.0971. The first kappa shape index (κ1) is 35.2. The van der Waals surface area contributed by atoms with E-state index in [1.165, 1.54) is 11.3 Å². The van der Waals surface area contributed by atoms with E-state index in [2.05, 4.69) is 30.9 Å². The highest BCUT2D eigenvalue weighted by Gasteiger charge is 2.32. The molecule has 0 aliphatic heterocycles. The molecule has 0 spiro atoms. The summed E-state index contributed by atoms with van der Waals surface area (Å²) in [7, 11) is 0. The van der Waals surface area contributed by atoms with Crippen molar-refractivity contribution in [3.05, 3.63) is 130 Å². The molecule has 4 atom stereocenters. The van der Waals surface area contributed by atoms with Crippen LogP contribution in [0.1, 0.15) is 21.6 Å². The van der Waals surface area contributed by atoms with Gasteiger partial charge in [0.1, 0.15) is 18.1 Å². The minimum Gasteiger partial charge on any atom is -0.368 e. The molecule has 4 aromatic heterocycles. The second-order valence-electron chi connectivity index (χ2n) is 13.2. The van der Waals surface area contributed by atoms with Crippen LogP contribution in [-0.4, -0.2) is 62.7 Å². The van der Waals surface area contributed by atoms with E-state index in [0.29, 0.717) is 0 Å². The molecular weight excluding hydrogens is 689 g/mol. The predicted molar refractivity (Wildman–Crippen MR) is 207 cm³/mol. The van der Waals surface area contributed by atoms with Gasteiger partial charge in [0.2, 0.25) is 23.6 Å². The zero-order chi connectivity index (χ0) is 36.9. The summed E-state index contributed by atoms with van der Waals surface area (Å²) in [5, 5.41) is 13.2. The monoisotopic (exact) mass is 728 g/mol. The fourth-order valence-corrected chi connectivity index (χ4v) is 7.52. The van der Waals surface area contributed by atoms with Crippen molar-refractivity contribution in [2.75, 3.05) is 0 Å². The number of para-hydroxylation sites is 3. The topological polar surface area (TPSA) is 204 Å². The number of H-pyrrole nitrogens is 3. The first-order valence-electron chi connectivity index (χ1n) is 17.4. The van der Waals surface area contributed by atoms with Crippen molar-refractivity contribution in [2.45, 2.75) is 49.9 Å². The summed E-state index contributed by atoms with van der Waals surface area (Å²) >= 11 is 1.45. The lowest BCUT2D eigenvalue weighted by molar-refractivity contribution is -0.133. The molecule has 12 nitrogen and oxygen atoms in total. The van der Waals surface area contributed by atoms with E-state index < -0.39 is 47.8 Å². The van der Waals surface area contributed by atoms with Crippen LogP contribution in [0.5, 0.6) is 0 Å². The molecule has 270 valence electrons. The molecule has 4 amide bonds. The number of fused-ring (bicyclic) bond motifs is 3. The Morgan fingerprint density at radius 2 is 0.981 bits per heavy atom. The third kappa shape index (κ3) is 8.01. The molecule has 0 aliphatic rings. The van der Waals surface area contributed by atoms with E-state index in [1.807, 2.05) is 96.5 Å². The Kier molecular flexibility index (Phi) is 10.4. The number of hydrogen-bond acceptors (Lipinski definition) is 6. The van der Waals surface area contributed by atoms with Gasteiger partial charge in [0.05, 0.1) is 6.04 Å². The quantitative estimate of drug-likeness (QED) is 0.0793. The molecule has 0 saturated heterocycles. The number of amides is 4. The molecule has 0 unspecified atom stereocenters. The van der Waals surface area contributed by atoms with Crippen LogP contribution in [0.4, 0.5) is 0 Å². The van der Waals surface area contributed by atoms with E-state index in [-0.39, 0.29) is 25.7 Å². The molecule has 7 rings (SSSR count). The van der Waals surface area contributed by atoms with Gasteiger partial charge in [0.15, 0.2) is 0 Å². The Hall–Kier alpha value is -6.18. The maximum absolute atomic E-state index is 14.4. The van der Waals surface area contributed by atoms with E-state index in [0.717, 1.165) is 54.3 Å². The number of thiophene rings is 1. The van der Waals surface area contributed by atoms with Gasteiger partial charge in [0, 0.05) is 75.4 Å². The first-order chi connectivity index (χ1) is 25.7. The summed E-state index contributed by atoms with van der Waals surface area (Å²) in [5.74, 6) is -2.38. The van der Waals surface area contributed by atoms with Gasteiger partial charge in [-0.25, -0.2) is 0 Å². The van der Waals surface area contributed by atoms with Gasteiger partial charge >= 0.3 is 0 Å².